The Morgan fingerprint density at radius 1 is 0.905 bits per heavy atom. The maximum Gasteiger partial charge on any atom is 0.122 e. The number of rotatable bonds is 2. The molecule has 21 heavy (non-hydrogen) atoms. The van der Waals surface area contributed by atoms with Gasteiger partial charge in [0.15, 0.2) is 0 Å². The molecule has 3 heteroatoms. The Balaban J connectivity index is 0.000000510. The average molecular weight is 303 g/mol. The molecule has 1 heterocycles. The van der Waals surface area contributed by atoms with Crippen molar-refractivity contribution in [1.82, 2.24) is 9.97 Å². The van der Waals surface area contributed by atoms with E-state index in [4.69, 9.17) is 11.6 Å². The molecule has 0 amide bonds. The van der Waals surface area contributed by atoms with E-state index in [9.17, 15) is 0 Å². The lowest BCUT2D eigenvalue weighted by atomic mass is 10.1. The fourth-order valence-corrected chi connectivity index (χ4v) is 2.06. The molecule has 2 nitrogen and oxygen atoms in total. The van der Waals surface area contributed by atoms with Crippen LogP contribution in [0.15, 0.2) is 48.5 Å². The molecule has 0 aliphatic carbocycles. The van der Waals surface area contributed by atoms with Crippen LogP contribution in [0, 0.1) is 0 Å². The number of hydrogen-bond donors (Lipinski definition) is 1. The fourth-order valence-electron chi connectivity index (χ4n) is 1.94. The number of benzene rings is 2. The molecule has 1 aromatic heterocycles. The second-order valence-electron chi connectivity index (χ2n) is 3.92. The predicted molar refractivity (Wildman–Crippen MR) is 93.8 cm³/mol. The number of imidazole rings is 1. The van der Waals surface area contributed by atoms with Crippen LogP contribution >= 0.6 is 11.6 Å². The Hall–Kier alpha value is -1.80. The molecule has 0 aliphatic heterocycles. The summed E-state index contributed by atoms with van der Waals surface area (Å²) in [6.07, 6.45) is 0. The minimum Gasteiger partial charge on any atom is -0.341 e. The van der Waals surface area contributed by atoms with Gasteiger partial charge in [0.1, 0.15) is 5.82 Å². The summed E-state index contributed by atoms with van der Waals surface area (Å²) in [6, 6.07) is 16.5. The van der Waals surface area contributed by atoms with Crippen molar-refractivity contribution >= 4 is 22.6 Å². The topological polar surface area (TPSA) is 28.7 Å². The summed E-state index contributed by atoms with van der Waals surface area (Å²) in [5, 5.41) is 0. The zero-order valence-electron chi connectivity index (χ0n) is 13.2. The van der Waals surface area contributed by atoms with Crippen molar-refractivity contribution in [3.63, 3.8) is 0 Å². The van der Waals surface area contributed by atoms with E-state index < -0.39 is 0 Å². The molecule has 2 aromatic carbocycles. The summed E-state index contributed by atoms with van der Waals surface area (Å²) < 4.78 is 0. The van der Waals surface area contributed by atoms with Gasteiger partial charge in [0, 0.05) is 0 Å². The number of nitrogens with zero attached hydrogens (tertiary/aromatic N) is 1. The number of H-pyrrole nitrogens is 1. The van der Waals surface area contributed by atoms with Crippen molar-refractivity contribution in [3.8, 4) is 11.1 Å². The summed E-state index contributed by atoms with van der Waals surface area (Å²) in [5.41, 5.74) is 4.38. The number of hydrogen-bond acceptors (Lipinski definition) is 1. The third kappa shape index (κ3) is 4.33. The normalized spacial score (nSPS) is 9.38. The van der Waals surface area contributed by atoms with Gasteiger partial charge in [-0.1, -0.05) is 64.1 Å². The Bertz CT molecular complexity index is 645. The minimum absolute atomic E-state index is 0.412. The molecule has 1 N–H and O–H groups in total. The first kappa shape index (κ1) is 17.3. The van der Waals surface area contributed by atoms with Gasteiger partial charge in [0.25, 0.3) is 0 Å². The van der Waals surface area contributed by atoms with E-state index in [1.807, 2.05) is 52.0 Å². The van der Waals surface area contributed by atoms with E-state index in [0.717, 1.165) is 16.9 Å². The number of aromatic amines is 1. The Kier molecular flexibility index (Phi) is 7.55. The van der Waals surface area contributed by atoms with Crippen LogP contribution in [0.3, 0.4) is 0 Å². The predicted octanol–water partition coefficient (Wildman–Crippen LogP) is 6.02. The standard InChI is InChI=1S/C14H11ClN2.2C2H6/c15-9-14-16-12-7-6-11(8-13(12)17-14)10-4-2-1-3-5-10;2*1-2/h1-8H,9H2,(H,16,17);2*1-2H3. The number of aromatic nitrogens is 2. The van der Waals surface area contributed by atoms with Crippen LogP contribution < -0.4 is 0 Å². The zero-order valence-corrected chi connectivity index (χ0v) is 13.9. The quantitative estimate of drug-likeness (QED) is 0.576. The third-order valence-corrected chi connectivity index (χ3v) is 3.02. The monoisotopic (exact) mass is 302 g/mol. The molecule has 0 atom stereocenters. The molecule has 0 bridgehead atoms. The maximum atomic E-state index is 5.76. The van der Waals surface area contributed by atoms with Gasteiger partial charge in [-0.05, 0) is 23.3 Å². The molecule has 0 fully saturated rings. The average Bonchev–Trinajstić information content (AvgIpc) is 3.01. The van der Waals surface area contributed by atoms with E-state index >= 15 is 0 Å². The molecule has 0 saturated heterocycles. The molecule has 0 radical (unpaired) electrons. The first-order valence-corrected chi connectivity index (χ1v) is 8.00. The van der Waals surface area contributed by atoms with Crippen molar-refractivity contribution in [2.24, 2.45) is 0 Å². The van der Waals surface area contributed by atoms with Gasteiger partial charge >= 0.3 is 0 Å². The van der Waals surface area contributed by atoms with E-state index in [1.165, 1.54) is 11.1 Å². The summed E-state index contributed by atoms with van der Waals surface area (Å²) >= 11 is 5.76. The number of fused-ring (bicyclic) bond motifs is 1. The molecular formula is C18H23ClN2. The van der Waals surface area contributed by atoms with Crippen molar-refractivity contribution in [2.75, 3.05) is 0 Å². The zero-order chi connectivity index (χ0) is 15.7. The van der Waals surface area contributed by atoms with E-state index in [-0.39, 0.29) is 0 Å². The summed E-state index contributed by atoms with van der Waals surface area (Å²) in [7, 11) is 0. The van der Waals surface area contributed by atoms with Gasteiger partial charge in [-0.2, -0.15) is 0 Å². The molecule has 0 saturated carbocycles. The van der Waals surface area contributed by atoms with Gasteiger partial charge in [-0.15, -0.1) is 11.6 Å². The highest BCUT2D eigenvalue weighted by Gasteiger charge is 2.03. The van der Waals surface area contributed by atoms with Gasteiger partial charge in [0.2, 0.25) is 0 Å². The second-order valence-corrected chi connectivity index (χ2v) is 4.18. The van der Waals surface area contributed by atoms with Crippen LogP contribution in [0.5, 0.6) is 0 Å². The highest BCUT2D eigenvalue weighted by molar-refractivity contribution is 6.16. The summed E-state index contributed by atoms with van der Waals surface area (Å²) in [4.78, 5) is 7.59. The number of halogens is 1. The smallest absolute Gasteiger partial charge is 0.122 e. The molecule has 3 aromatic rings. The van der Waals surface area contributed by atoms with Crippen LogP contribution in [0.1, 0.15) is 33.5 Å². The summed E-state index contributed by atoms with van der Waals surface area (Å²) in [6.45, 7) is 8.00. The first-order valence-electron chi connectivity index (χ1n) is 7.47. The van der Waals surface area contributed by atoms with Crippen LogP contribution in [0.4, 0.5) is 0 Å². The molecule has 3 rings (SSSR count). The summed E-state index contributed by atoms with van der Waals surface area (Å²) in [5.74, 6) is 1.22. The molecule has 112 valence electrons. The Labute approximate surface area is 132 Å². The fraction of sp³-hybridized carbons (Fsp3) is 0.278. The van der Waals surface area contributed by atoms with Gasteiger partial charge in [-0.25, -0.2) is 4.98 Å². The minimum atomic E-state index is 0.412. The Morgan fingerprint density at radius 3 is 2.19 bits per heavy atom. The van der Waals surface area contributed by atoms with Gasteiger partial charge in [0.05, 0.1) is 16.9 Å². The maximum absolute atomic E-state index is 5.76. The van der Waals surface area contributed by atoms with Crippen LogP contribution in [0.25, 0.3) is 22.2 Å². The molecule has 0 unspecified atom stereocenters. The van der Waals surface area contributed by atoms with E-state index in [0.29, 0.717) is 5.88 Å². The lowest BCUT2D eigenvalue weighted by Gasteiger charge is -2.00. The number of alkyl halides is 1. The SMILES string of the molecule is CC.CC.ClCc1nc2ccc(-c3ccccc3)cc2[nH]1. The number of nitrogens with one attached hydrogen (secondary N) is 1. The van der Waals surface area contributed by atoms with Crippen molar-refractivity contribution in [3.05, 3.63) is 54.4 Å². The second kappa shape index (κ2) is 9.19. The van der Waals surface area contributed by atoms with Gasteiger partial charge in [-0.3, -0.25) is 0 Å². The largest absolute Gasteiger partial charge is 0.341 e. The Morgan fingerprint density at radius 2 is 1.57 bits per heavy atom. The highest BCUT2D eigenvalue weighted by Crippen LogP contribution is 2.23. The molecule has 0 spiro atoms. The lowest BCUT2D eigenvalue weighted by Crippen LogP contribution is -1.77. The van der Waals surface area contributed by atoms with Crippen LogP contribution in [-0.2, 0) is 5.88 Å². The van der Waals surface area contributed by atoms with Gasteiger partial charge < -0.3 is 4.98 Å². The molecule has 0 aliphatic rings. The van der Waals surface area contributed by atoms with Crippen molar-refractivity contribution in [2.45, 2.75) is 33.6 Å². The van der Waals surface area contributed by atoms with Crippen LogP contribution in [0.2, 0.25) is 0 Å². The van der Waals surface area contributed by atoms with Crippen molar-refractivity contribution in [1.29, 1.82) is 0 Å². The van der Waals surface area contributed by atoms with E-state index in [1.54, 1.807) is 0 Å². The third-order valence-electron chi connectivity index (χ3n) is 2.76. The first-order chi connectivity index (χ1) is 10.4. The van der Waals surface area contributed by atoms with Crippen LogP contribution in [-0.4, -0.2) is 9.97 Å². The van der Waals surface area contributed by atoms with Crippen molar-refractivity contribution < 1.29 is 0 Å². The lowest BCUT2D eigenvalue weighted by molar-refractivity contribution is 1.13. The highest BCUT2D eigenvalue weighted by atomic mass is 35.5. The molecular weight excluding hydrogens is 280 g/mol. The van der Waals surface area contributed by atoms with E-state index in [2.05, 4.69) is 34.2 Å².